The van der Waals surface area contributed by atoms with E-state index in [0.29, 0.717) is 0 Å². The van der Waals surface area contributed by atoms with Crippen molar-refractivity contribution in [3.63, 3.8) is 0 Å². The van der Waals surface area contributed by atoms with Crippen LogP contribution in [0.2, 0.25) is 0 Å². The Morgan fingerprint density at radius 1 is 1.13 bits per heavy atom. The van der Waals surface area contributed by atoms with Crippen molar-refractivity contribution in [1.29, 1.82) is 0 Å². The molecule has 0 bridgehead atoms. The van der Waals surface area contributed by atoms with Crippen molar-refractivity contribution in [3.8, 4) is 11.1 Å². The summed E-state index contributed by atoms with van der Waals surface area (Å²) in [7, 11) is 0. The number of hydrogen-bond acceptors (Lipinski definition) is 1. The lowest BCUT2D eigenvalue weighted by Gasteiger charge is -2.02. The minimum absolute atomic E-state index is 1.12. The standard InChI is InChI=1S/C14H12S/c1-10-7-8-13-14(10)12(9-15-13)11-5-3-2-4-6-11/h2-7,9H,8H2,1H3. The van der Waals surface area contributed by atoms with Crippen LogP contribution in [-0.2, 0) is 6.42 Å². The van der Waals surface area contributed by atoms with Gasteiger partial charge in [0.05, 0.1) is 0 Å². The molecule has 1 aromatic carbocycles. The molecule has 1 aromatic heterocycles. The third-order valence-electron chi connectivity index (χ3n) is 2.94. The van der Waals surface area contributed by atoms with Gasteiger partial charge in [-0.25, -0.2) is 0 Å². The predicted molar refractivity (Wildman–Crippen MR) is 67.1 cm³/mol. The Morgan fingerprint density at radius 2 is 1.93 bits per heavy atom. The second-order valence-corrected chi connectivity index (χ2v) is 4.87. The summed E-state index contributed by atoms with van der Waals surface area (Å²) < 4.78 is 0. The van der Waals surface area contributed by atoms with Crippen LogP contribution in [0.25, 0.3) is 16.7 Å². The summed E-state index contributed by atoms with van der Waals surface area (Å²) >= 11 is 1.89. The van der Waals surface area contributed by atoms with Crippen LogP contribution in [0.1, 0.15) is 17.4 Å². The topological polar surface area (TPSA) is 0 Å². The molecule has 0 nitrogen and oxygen atoms in total. The van der Waals surface area contributed by atoms with Crippen LogP contribution in [0.15, 0.2) is 41.8 Å². The fraction of sp³-hybridized carbons (Fsp3) is 0.143. The summed E-state index contributed by atoms with van der Waals surface area (Å²) in [6.07, 6.45) is 3.45. The molecule has 0 aliphatic heterocycles. The van der Waals surface area contributed by atoms with Gasteiger partial charge in [-0.3, -0.25) is 0 Å². The third kappa shape index (κ3) is 1.35. The molecule has 1 aliphatic rings. The van der Waals surface area contributed by atoms with E-state index in [2.05, 4.69) is 48.7 Å². The highest BCUT2D eigenvalue weighted by molar-refractivity contribution is 7.10. The van der Waals surface area contributed by atoms with Crippen molar-refractivity contribution >= 4 is 16.9 Å². The van der Waals surface area contributed by atoms with Gasteiger partial charge in [-0.15, -0.1) is 11.3 Å². The summed E-state index contributed by atoms with van der Waals surface area (Å²) in [6.45, 7) is 2.21. The first-order valence-electron chi connectivity index (χ1n) is 5.19. The normalized spacial score (nSPS) is 13.8. The lowest BCUT2D eigenvalue weighted by molar-refractivity contribution is 1.39. The molecule has 0 spiro atoms. The van der Waals surface area contributed by atoms with Crippen LogP contribution >= 0.6 is 11.3 Å². The molecule has 74 valence electrons. The van der Waals surface area contributed by atoms with Gasteiger partial charge in [-0.2, -0.15) is 0 Å². The average Bonchev–Trinajstić information content (AvgIpc) is 2.84. The molecule has 0 fully saturated rings. The number of hydrogen-bond donors (Lipinski definition) is 0. The van der Waals surface area contributed by atoms with Crippen molar-refractivity contribution in [2.24, 2.45) is 0 Å². The largest absolute Gasteiger partial charge is 0.147 e. The van der Waals surface area contributed by atoms with E-state index in [-0.39, 0.29) is 0 Å². The van der Waals surface area contributed by atoms with Gasteiger partial charge in [0.2, 0.25) is 0 Å². The maximum atomic E-state index is 2.33. The fourth-order valence-electron chi connectivity index (χ4n) is 2.16. The average molecular weight is 212 g/mol. The van der Waals surface area contributed by atoms with Gasteiger partial charge in [0, 0.05) is 16.9 Å². The summed E-state index contributed by atoms with van der Waals surface area (Å²) in [4.78, 5) is 1.52. The van der Waals surface area contributed by atoms with Crippen molar-refractivity contribution in [2.45, 2.75) is 13.3 Å². The highest BCUT2D eigenvalue weighted by atomic mass is 32.1. The molecule has 1 heteroatoms. The Hall–Kier alpha value is -1.34. The molecule has 0 amide bonds. The fourth-order valence-corrected chi connectivity index (χ4v) is 3.24. The SMILES string of the molecule is CC1=CCc2scc(-c3ccccc3)c21. The van der Waals surface area contributed by atoms with E-state index in [1.54, 1.807) is 0 Å². The maximum absolute atomic E-state index is 2.33. The quantitative estimate of drug-likeness (QED) is 0.658. The van der Waals surface area contributed by atoms with Crippen LogP contribution < -0.4 is 0 Å². The smallest absolute Gasteiger partial charge is 0.0164 e. The zero-order valence-electron chi connectivity index (χ0n) is 8.66. The first-order valence-corrected chi connectivity index (χ1v) is 6.07. The minimum Gasteiger partial charge on any atom is -0.147 e. The van der Waals surface area contributed by atoms with Gasteiger partial charge in [0.15, 0.2) is 0 Å². The van der Waals surface area contributed by atoms with E-state index in [1.807, 2.05) is 11.3 Å². The molecule has 0 saturated carbocycles. The van der Waals surface area contributed by atoms with Gasteiger partial charge >= 0.3 is 0 Å². The lowest BCUT2D eigenvalue weighted by Crippen LogP contribution is -1.80. The molecule has 2 aromatic rings. The Labute approximate surface area is 93.9 Å². The summed E-state index contributed by atoms with van der Waals surface area (Å²) in [5.41, 5.74) is 5.66. The van der Waals surface area contributed by atoms with E-state index in [1.165, 1.54) is 27.1 Å². The Balaban J connectivity index is 2.19. The maximum Gasteiger partial charge on any atom is 0.0164 e. The van der Waals surface area contributed by atoms with E-state index in [4.69, 9.17) is 0 Å². The number of benzene rings is 1. The molecule has 1 aliphatic carbocycles. The van der Waals surface area contributed by atoms with E-state index in [0.717, 1.165) is 6.42 Å². The summed E-state index contributed by atoms with van der Waals surface area (Å²) in [6, 6.07) is 10.7. The molecule has 0 saturated heterocycles. The monoisotopic (exact) mass is 212 g/mol. The molecule has 0 radical (unpaired) electrons. The Bertz CT molecular complexity index is 518. The Kier molecular flexibility index (Phi) is 2.00. The van der Waals surface area contributed by atoms with Gasteiger partial charge in [-0.05, 0) is 29.0 Å². The Morgan fingerprint density at radius 3 is 2.73 bits per heavy atom. The minimum atomic E-state index is 1.12. The highest BCUT2D eigenvalue weighted by Crippen LogP contribution is 2.40. The highest BCUT2D eigenvalue weighted by Gasteiger charge is 2.17. The summed E-state index contributed by atoms with van der Waals surface area (Å²) in [5, 5.41) is 2.29. The van der Waals surface area contributed by atoms with Crippen LogP contribution in [0.3, 0.4) is 0 Å². The molecular weight excluding hydrogens is 200 g/mol. The van der Waals surface area contributed by atoms with Crippen LogP contribution in [0, 0.1) is 0 Å². The number of allylic oxidation sites excluding steroid dienone is 2. The first kappa shape index (κ1) is 8.93. The van der Waals surface area contributed by atoms with Crippen molar-refractivity contribution in [1.82, 2.24) is 0 Å². The number of rotatable bonds is 1. The second kappa shape index (κ2) is 3.35. The van der Waals surface area contributed by atoms with E-state index in [9.17, 15) is 0 Å². The molecule has 0 unspecified atom stereocenters. The molecule has 15 heavy (non-hydrogen) atoms. The predicted octanol–water partition coefficient (Wildman–Crippen LogP) is 4.37. The molecule has 1 heterocycles. The van der Waals surface area contributed by atoms with Gasteiger partial charge in [-0.1, -0.05) is 36.4 Å². The van der Waals surface area contributed by atoms with E-state index < -0.39 is 0 Å². The van der Waals surface area contributed by atoms with Gasteiger partial charge in [0.1, 0.15) is 0 Å². The van der Waals surface area contributed by atoms with Gasteiger partial charge < -0.3 is 0 Å². The zero-order chi connectivity index (χ0) is 10.3. The van der Waals surface area contributed by atoms with Crippen molar-refractivity contribution in [2.75, 3.05) is 0 Å². The third-order valence-corrected chi connectivity index (χ3v) is 3.95. The molecule has 3 rings (SSSR count). The van der Waals surface area contributed by atoms with Crippen LogP contribution in [-0.4, -0.2) is 0 Å². The molecular formula is C14H12S. The van der Waals surface area contributed by atoms with Crippen molar-refractivity contribution in [3.05, 3.63) is 52.2 Å². The van der Waals surface area contributed by atoms with E-state index >= 15 is 0 Å². The van der Waals surface area contributed by atoms with Gasteiger partial charge in [0.25, 0.3) is 0 Å². The zero-order valence-corrected chi connectivity index (χ0v) is 9.47. The number of thiophene rings is 1. The van der Waals surface area contributed by atoms with Crippen molar-refractivity contribution < 1.29 is 0 Å². The lowest BCUT2D eigenvalue weighted by atomic mass is 10.0. The summed E-state index contributed by atoms with van der Waals surface area (Å²) in [5.74, 6) is 0. The molecule has 0 N–H and O–H groups in total. The van der Waals surface area contributed by atoms with Crippen LogP contribution in [0.5, 0.6) is 0 Å². The molecule has 0 atom stereocenters. The number of fused-ring (bicyclic) bond motifs is 1. The first-order chi connectivity index (χ1) is 7.36. The van der Waals surface area contributed by atoms with Crippen LogP contribution in [0.4, 0.5) is 0 Å². The second-order valence-electron chi connectivity index (χ2n) is 3.90.